The Bertz CT molecular complexity index is 177. The molecule has 1 saturated carbocycles. The third-order valence-electron chi connectivity index (χ3n) is 3.68. The van der Waals surface area contributed by atoms with Crippen LogP contribution >= 0.6 is 0 Å². The lowest BCUT2D eigenvalue weighted by Gasteiger charge is -2.41. The highest BCUT2D eigenvalue weighted by Crippen LogP contribution is 2.46. The van der Waals surface area contributed by atoms with Crippen LogP contribution < -0.4 is 5.32 Å². The average Bonchev–Trinajstić information content (AvgIpc) is 2.78. The molecule has 76 valence electrons. The second-order valence-electron chi connectivity index (χ2n) is 5.34. The summed E-state index contributed by atoms with van der Waals surface area (Å²) in [5.74, 6) is 0. The maximum absolute atomic E-state index is 3.48. The summed E-state index contributed by atoms with van der Waals surface area (Å²) in [4.78, 5) is 2.68. The zero-order valence-electron chi connectivity index (χ0n) is 9.14. The van der Waals surface area contributed by atoms with E-state index in [4.69, 9.17) is 0 Å². The van der Waals surface area contributed by atoms with E-state index < -0.39 is 0 Å². The van der Waals surface area contributed by atoms with Crippen LogP contribution in [-0.2, 0) is 0 Å². The monoisotopic (exact) mass is 182 g/mol. The largest absolute Gasteiger partial charge is 0.314 e. The molecule has 0 amide bonds. The molecule has 2 atom stereocenters. The smallest absolute Gasteiger partial charge is 0.0195 e. The van der Waals surface area contributed by atoms with E-state index in [2.05, 4.69) is 31.0 Å². The SMILES string of the molecule is C[C@@H]1CNC[C@H](C)N1CC1(C)CC1. The highest BCUT2D eigenvalue weighted by molar-refractivity contribution is 4.95. The summed E-state index contributed by atoms with van der Waals surface area (Å²) < 4.78 is 0. The minimum Gasteiger partial charge on any atom is -0.314 e. The van der Waals surface area contributed by atoms with Crippen molar-refractivity contribution >= 4 is 0 Å². The molecule has 13 heavy (non-hydrogen) atoms. The molecule has 2 heteroatoms. The van der Waals surface area contributed by atoms with Gasteiger partial charge in [0, 0.05) is 31.7 Å². The molecule has 1 aliphatic heterocycles. The Morgan fingerprint density at radius 3 is 2.23 bits per heavy atom. The zero-order valence-corrected chi connectivity index (χ0v) is 9.14. The summed E-state index contributed by atoms with van der Waals surface area (Å²) in [5.41, 5.74) is 0.667. The van der Waals surface area contributed by atoms with Crippen molar-refractivity contribution in [1.29, 1.82) is 0 Å². The first-order valence-corrected chi connectivity index (χ1v) is 5.57. The van der Waals surface area contributed by atoms with Gasteiger partial charge in [0.15, 0.2) is 0 Å². The summed E-state index contributed by atoms with van der Waals surface area (Å²) in [6.45, 7) is 10.8. The molecule has 0 aromatic heterocycles. The van der Waals surface area contributed by atoms with Crippen LogP contribution in [0.1, 0.15) is 33.6 Å². The van der Waals surface area contributed by atoms with E-state index in [1.807, 2.05) is 0 Å². The Morgan fingerprint density at radius 2 is 1.77 bits per heavy atom. The van der Waals surface area contributed by atoms with Crippen molar-refractivity contribution in [1.82, 2.24) is 10.2 Å². The number of nitrogens with one attached hydrogen (secondary N) is 1. The maximum Gasteiger partial charge on any atom is 0.0195 e. The van der Waals surface area contributed by atoms with Gasteiger partial charge >= 0.3 is 0 Å². The molecular formula is C11H22N2. The molecule has 0 radical (unpaired) electrons. The molecular weight excluding hydrogens is 160 g/mol. The van der Waals surface area contributed by atoms with Gasteiger partial charge in [-0.25, -0.2) is 0 Å². The van der Waals surface area contributed by atoms with Crippen LogP contribution in [0.2, 0.25) is 0 Å². The molecule has 0 aromatic carbocycles. The van der Waals surface area contributed by atoms with Crippen LogP contribution in [0.15, 0.2) is 0 Å². The lowest BCUT2D eigenvalue weighted by molar-refractivity contribution is 0.0941. The Morgan fingerprint density at radius 1 is 1.23 bits per heavy atom. The van der Waals surface area contributed by atoms with E-state index in [-0.39, 0.29) is 0 Å². The number of hydrogen-bond acceptors (Lipinski definition) is 2. The third-order valence-corrected chi connectivity index (χ3v) is 3.68. The molecule has 1 heterocycles. The van der Waals surface area contributed by atoms with E-state index >= 15 is 0 Å². The van der Waals surface area contributed by atoms with Crippen LogP contribution in [0.25, 0.3) is 0 Å². The minimum absolute atomic E-state index is 0.667. The van der Waals surface area contributed by atoms with Gasteiger partial charge in [0.2, 0.25) is 0 Å². The van der Waals surface area contributed by atoms with Crippen molar-refractivity contribution in [3.05, 3.63) is 0 Å². The number of rotatable bonds is 2. The summed E-state index contributed by atoms with van der Waals surface area (Å²) in [7, 11) is 0. The van der Waals surface area contributed by atoms with Gasteiger partial charge in [-0.05, 0) is 32.1 Å². The lowest BCUT2D eigenvalue weighted by Crippen LogP contribution is -2.56. The van der Waals surface area contributed by atoms with Gasteiger partial charge in [0.1, 0.15) is 0 Å². The second-order valence-corrected chi connectivity index (χ2v) is 5.34. The molecule has 1 aliphatic carbocycles. The zero-order chi connectivity index (χ0) is 9.47. The fourth-order valence-corrected chi connectivity index (χ4v) is 2.29. The maximum atomic E-state index is 3.48. The van der Waals surface area contributed by atoms with E-state index in [0.29, 0.717) is 5.41 Å². The van der Waals surface area contributed by atoms with Crippen molar-refractivity contribution < 1.29 is 0 Å². The van der Waals surface area contributed by atoms with Gasteiger partial charge in [0.25, 0.3) is 0 Å². The predicted molar refractivity (Wildman–Crippen MR) is 55.8 cm³/mol. The molecule has 0 unspecified atom stereocenters. The lowest BCUT2D eigenvalue weighted by atomic mass is 10.0. The normalized spacial score (nSPS) is 39.0. The van der Waals surface area contributed by atoms with Gasteiger partial charge in [-0.1, -0.05) is 6.92 Å². The van der Waals surface area contributed by atoms with Crippen molar-refractivity contribution in [2.45, 2.75) is 45.7 Å². The minimum atomic E-state index is 0.667. The highest BCUT2D eigenvalue weighted by Gasteiger charge is 2.41. The van der Waals surface area contributed by atoms with Gasteiger partial charge < -0.3 is 5.32 Å². The van der Waals surface area contributed by atoms with E-state index in [9.17, 15) is 0 Å². The van der Waals surface area contributed by atoms with Crippen molar-refractivity contribution in [2.24, 2.45) is 5.41 Å². The van der Waals surface area contributed by atoms with Crippen LogP contribution in [0.4, 0.5) is 0 Å². The molecule has 0 spiro atoms. The summed E-state index contributed by atoms with van der Waals surface area (Å²) in [6.07, 6.45) is 2.88. The fourth-order valence-electron chi connectivity index (χ4n) is 2.29. The van der Waals surface area contributed by atoms with Gasteiger partial charge in [-0.2, -0.15) is 0 Å². The van der Waals surface area contributed by atoms with Crippen molar-refractivity contribution in [2.75, 3.05) is 19.6 Å². The molecule has 0 aromatic rings. The predicted octanol–water partition coefficient (Wildman–Crippen LogP) is 1.47. The molecule has 2 aliphatic rings. The van der Waals surface area contributed by atoms with E-state index in [0.717, 1.165) is 12.1 Å². The summed E-state index contributed by atoms with van der Waals surface area (Å²) in [5, 5.41) is 3.48. The topological polar surface area (TPSA) is 15.3 Å². The Balaban J connectivity index is 1.93. The van der Waals surface area contributed by atoms with E-state index in [1.165, 1.54) is 32.5 Å². The first-order valence-electron chi connectivity index (χ1n) is 5.57. The van der Waals surface area contributed by atoms with Crippen molar-refractivity contribution in [3.63, 3.8) is 0 Å². The first kappa shape index (κ1) is 9.47. The standard InChI is InChI=1S/C11H22N2/c1-9-6-12-7-10(2)13(9)8-11(3)4-5-11/h9-10,12H,4-8H2,1-3H3/t9-,10+. The van der Waals surface area contributed by atoms with Crippen LogP contribution in [0.3, 0.4) is 0 Å². The molecule has 0 bridgehead atoms. The quantitative estimate of drug-likeness (QED) is 0.695. The van der Waals surface area contributed by atoms with Gasteiger partial charge in [0.05, 0.1) is 0 Å². The number of hydrogen-bond donors (Lipinski definition) is 1. The second kappa shape index (κ2) is 3.25. The van der Waals surface area contributed by atoms with Crippen molar-refractivity contribution in [3.8, 4) is 0 Å². The summed E-state index contributed by atoms with van der Waals surface area (Å²) in [6, 6.07) is 1.45. The third kappa shape index (κ3) is 2.05. The Labute approximate surface area is 81.7 Å². The summed E-state index contributed by atoms with van der Waals surface area (Å²) >= 11 is 0. The fraction of sp³-hybridized carbons (Fsp3) is 1.00. The molecule has 2 nitrogen and oxygen atoms in total. The van der Waals surface area contributed by atoms with Crippen LogP contribution in [0, 0.1) is 5.41 Å². The molecule has 1 N–H and O–H groups in total. The van der Waals surface area contributed by atoms with E-state index in [1.54, 1.807) is 0 Å². The number of nitrogens with zero attached hydrogens (tertiary/aromatic N) is 1. The first-order chi connectivity index (χ1) is 6.11. The number of piperazine rings is 1. The Hall–Kier alpha value is -0.0800. The Kier molecular flexibility index (Phi) is 2.37. The van der Waals surface area contributed by atoms with Gasteiger partial charge in [-0.15, -0.1) is 0 Å². The average molecular weight is 182 g/mol. The highest BCUT2D eigenvalue weighted by atomic mass is 15.2. The van der Waals surface area contributed by atoms with Crippen LogP contribution in [0.5, 0.6) is 0 Å². The van der Waals surface area contributed by atoms with Gasteiger partial charge in [-0.3, -0.25) is 4.90 Å². The molecule has 1 saturated heterocycles. The van der Waals surface area contributed by atoms with Crippen LogP contribution in [-0.4, -0.2) is 36.6 Å². The molecule has 2 fully saturated rings. The molecule has 2 rings (SSSR count).